The van der Waals surface area contributed by atoms with Crippen LogP contribution in [0.3, 0.4) is 0 Å². The summed E-state index contributed by atoms with van der Waals surface area (Å²) in [5, 5.41) is 6.17. The number of hydrogen-bond donors (Lipinski definition) is 2. The standard InChI is InChI=1S/C18H29N3O2/c1-19-11-7-10-18(22)20-14-16(21-12-5-6-13-21)15-8-3-4-9-17(15)23-2/h3-4,8-9,16,19H,5-7,10-14H2,1-2H3,(H,20,22). The number of carbonyl (C=O) groups excluding carboxylic acids is 1. The third-order valence-corrected chi connectivity index (χ3v) is 4.40. The van der Waals surface area contributed by atoms with Crippen molar-refractivity contribution < 1.29 is 9.53 Å². The fraction of sp³-hybridized carbons (Fsp3) is 0.611. The first-order chi connectivity index (χ1) is 11.3. The quantitative estimate of drug-likeness (QED) is 0.683. The van der Waals surface area contributed by atoms with Crippen LogP contribution in [0, 0.1) is 0 Å². The maximum Gasteiger partial charge on any atom is 0.220 e. The average Bonchev–Trinajstić information content (AvgIpc) is 3.10. The molecule has 0 spiro atoms. The van der Waals surface area contributed by atoms with Gasteiger partial charge in [-0.05, 0) is 52.0 Å². The third-order valence-electron chi connectivity index (χ3n) is 4.40. The van der Waals surface area contributed by atoms with Gasteiger partial charge in [0.05, 0.1) is 13.2 Å². The lowest BCUT2D eigenvalue weighted by molar-refractivity contribution is -0.121. The summed E-state index contributed by atoms with van der Waals surface area (Å²) in [6, 6.07) is 8.30. The van der Waals surface area contributed by atoms with E-state index in [1.54, 1.807) is 7.11 Å². The van der Waals surface area contributed by atoms with Gasteiger partial charge in [-0.25, -0.2) is 0 Å². The Morgan fingerprint density at radius 1 is 1.30 bits per heavy atom. The largest absolute Gasteiger partial charge is 0.496 e. The van der Waals surface area contributed by atoms with Gasteiger partial charge in [0.1, 0.15) is 5.75 Å². The Hall–Kier alpha value is -1.59. The van der Waals surface area contributed by atoms with Crippen LogP contribution in [0.1, 0.15) is 37.3 Å². The fourth-order valence-corrected chi connectivity index (χ4v) is 3.16. The fourth-order valence-electron chi connectivity index (χ4n) is 3.16. The number of benzene rings is 1. The first kappa shape index (κ1) is 17.8. The molecule has 0 aliphatic carbocycles. The highest BCUT2D eigenvalue weighted by molar-refractivity contribution is 5.75. The predicted octanol–water partition coefficient (Wildman–Crippen LogP) is 1.95. The zero-order valence-electron chi connectivity index (χ0n) is 14.3. The lowest BCUT2D eigenvalue weighted by Crippen LogP contribution is -2.37. The van der Waals surface area contributed by atoms with Crippen molar-refractivity contribution in [2.45, 2.75) is 31.7 Å². The Bertz CT molecular complexity index is 487. The molecule has 2 rings (SSSR count). The number of amides is 1. The van der Waals surface area contributed by atoms with Crippen molar-refractivity contribution in [1.82, 2.24) is 15.5 Å². The maximum atomic E-state index is 12.0. The molecular weight excluding hydrogens is 290 g/mol. The minimum atomic E-state index is 0.124. The van der Waals surface area contributed by atoms with E-state index in [1.165, 1.54) is 12.8 Å². The lowest BCUT2D eigenvalue weighted by Gasteiger charge is -2.29. The van der Waals surface area contributed by atoms with Crippen molar-refractivity contribution in [2.75, 3.05) is 40.3 Å². The van der Waals surface area contributed by atoms with E-state index < -0.39 is 0 Å². The van der Waals surface area contributed by atoms with Gasteiger partial charge in [-0.15, -0.1) is 0 Å². The topological polar surface area (TPSA) is 53.6 Å². The van der Waals surface area contributed by atoms with Crippen molar-refractivity contribution in [3.8, 4) is 5.75 Å². The number of likely N-dealkylation sites (tertiary alicyclic amines) is 1. The Labute approximate surface area is 139 Å². The van der Waals surface area contributed by atoms with E-state index in [1.807, 2.05) is 25.2 Å². The van der Waals surface area contributed by atoms with Crippen molar-refractivity contribution >= 4 is 5.91 Å². The van der Waals surface area contributed by atoms with Gasteiger partial charge >= 0.3 is 0 Å². The number of methoxy groups -OCH3 is 1. The van der Waals surface area contributed by atoms with E-state index in [0.717, 1.165) is 37.4 Å². The molecule has 128 valence electrons. The van der Waals surface area contributed by atoms with Gasteiger partial charge in [0.2, 0.25) is 5.91 Å². The average molecular weight is 319 g/mol. The van der Waals surface area contributed by atoms with Crippen molar-refractivity contribution in [1.29, 1.82) is 0 Å². The van der Waals surface area contributed by atoms with Crippen molar-refractivity contribution in [2.24, 2.45) is 0 Å². The van der Waals surface area contributed by atoms with E-state index in [-0.39, 0.29) is 11.9 Å². The molecular formula is C18H29N3O2. The van der Waals surface area contributed by atoms with E-state index in [4.69, 9.17) is 4.74 Å². The number of carbonyl (C=O) groups is 1. The number of para-hydroxylation sites is 1. The molecule has 1 fully saturated rings. The lowest BCUT2D eigenvalue weighted by atomic mass is 10.0. The molecule has 1 atom stereocenters. The summed E-state index contributed by atoms with van der Waals surface area (Å²) in [6.07, 6.45) is 3.88. The summed E-state index contributed by atoms with van der Waals surface area (Å²) in [6.45, 7) is 3.67. The van der Waals surface area contributed by atoms with Crippen LogP contribution in [0.15, 0.2) is 24.3 Å². The summed E-state index contributed by atoms with van der Waals surface area (Å²) in [5.74, 6) is 1.02. The van der Waals surface area contributed by atoms with Gasteiger partial charge in [0, 0.05) is 18.5 Å². The molecule has 0 saturated carbocycles. The van der Waals surface area contributed by atoms with Crippen molar-refractivity contribution in [3.05, 3.63) is 29.8 Å². The number of rotatable bonds is 9. The maximum absolute atomic E-state index is 12.0. The summed E-state index contributed by atoms with van der Waals surface area (Å²) in [4.78, 5) is 14.5. The number of hydrogen-bond acceptors (Lipinski definition) is 4. The molecule has 0 aromatic heterocycles. The molecule has 1 unspecified atom stereocenters. The Morgan fingerprint density at radius 2 is 2.04 bits per heavy atom. The van der Waals surface area contributed by atoms with Gasteiger partial charge in [0.15, 0.2) is 0 Å². The smallest absolute Gasteiger partial charge is 0.220 e. The van der Waals surface area contributed by atoms with Crippen LogP contribution in [0.5, 0.6) is 5.75 Å². The Balaban J connectivity index is 2.01. The summed E-state index contributed by atoms with van der Waals surface area (Å²) in [5.41, 5.74) is 1.16. The molecule has 5 nitrogen and oxygen atoms in total. The zero-order valence-corrected chi connectivity index (χ0v) is 14.3. The second kappa shape index (κ2) is 9.53. The first-order valence-electron chi connectivity index (χ1n) is 8.54. The van der Waals surface area contributed by atoms with Crippen LogP contribution in [-0.4, -0.2) is 51.1 Å². The normalized spacial score (nSPS) is 16.3. The molecule has 0 radical (unpaired) electrons. The Morgan fingerprint density at radius 3 is 2.74 bits per heavy atom. The van der Waals surface area contributed by atoms with Gasteiger partial charge in [-0.2, -0.15) is 0 Å². The highest BCUT2D eigenvalue weighted by Gasteiger charge is 2.26. The van der Waals surface area contributed by atoms with Gasteiger partial charge < -0.3 is 15.4 Å². The van der Waals surface area contributed by atoms with E-state index >= 15 is 0 Å². The predicted molar refractivity (Wildman–Crippen MR) is 92.7 cm³/mol. The molecule has 1 aromatic carbocycles. The molecule has 5 heteroatoms. The number of nitrogens with zero attached hydrogens (tertiary/aromatic N) is 1. The first-order valence-corrected chi connectivity index (χ1v) is 8.54. The van der Waals surface area contributed by atoms with Crippen LogP contribution < -0.4 is 15.4 Å². The van der Waals surface area contributed by atoms with Crippen LogP contribution in [0.25, 0.3) is 0 Å². The third kappa shape index (κ3) is 5.22. The van der Waals surface area contributed by atoms with Crippen molar-refractivity contribution in [3.63, 3.8) is 0 Å². The van der Waals surface area contributed by atoms with Gasteiger partial charge in [-0.3, -0.25) is 9.69 Å². The van der Waals surface area contributed by atoms with Crippen LogP contribution >= 0.6 is 0 Å². The molecule has 1 aliphatic heterocycles. The molecule has 1 heterocycles. The van der Waals surface area contributed by atoms with Gasteiger partial charge in [0.25, 0.3) is 0 Å². The highest BCUT2D eigenvalue weighted by atomic mass is 16.5. The van der Waals surface area contributed by atoms with Crippen LogP contribution in [0.4, 0.5) is 0 Å². The molecule has 0 bridgehead atoms. The number of ether oxygens (including phenoxy) is 1. The summed E-state index contributed by atoms with van der Waals surface area (Å²) >= 11 is 0. The minimum Gasteiger partial charge on any atom is -0.496 e. The minimum absolute atomic E-state index is 0.124. The monoisotopic (exact) mass is 319 g/mol. The summed E-state index contributed by atoms with van der Waals surface area (Å²) < 4.78 is 5.52. The molecule has 2 N–H and O–H groups in total. The summed E-state index contributed by atoms with van der Waals surface area (Å²) in [7, 11) is 3.61. The number of nitrogens with one attached hydrogen (secondary N) is 2. The second-order valence-corrected chi connectivity index (χ2v) is 6.01. The molecule has 23 heavy (non-hydrogen) atoms. The zero-order chi connectivity index (χ0) is 16.5. The van der Waals surface area contributed by atoms with Crippen LogP contribution in [0.2, 0.25) is 0 Å². The van der Waals surface area contributed by atoms with E-state index in [2.05, 4.69) is 21.6 Å². The van der Waals surface area contributed by atoms with E-state index in [9.17, 15) is 4.79 Å². The molecule has 1 amide bonds. The van der Waals surface area contributed by atoms with Crippen LogP contribution in [-0.2, 0) is 4.79 Å². The highest BCUT2D eigenvalue weighted by Crippen LogP contribution is 2.31. The molecule has 1 saturated heterocycles. The molecule has 1 aliphatic rings. The molecule has 1 aromatic rings. The second-order valence-electron chi connectivity index (χ2n) is 6.01. The Kier molecular flexibility index (Phi) is 7.36. The van der Waals surface area contributed by atoms with E-state index in [0.29, 0.717) is 13.0 Å². The SMILES string of the molecule is CNCCCC(=O)NCC(c1ccccc1OC)N1CCCC1. The van der Waals surface area contributed by atoms with Gasteiger partial charge in [-0.1, -0.05) is 18.2 Å².